The molecule has 0 aliphatic heterocycles. The molecule has 0 fully saturated rings. The predicted octanol–water partition coefficient (Wildman–Crippen LogP) is 1.86. The first kappa shape index (κ1) is 14.9. The lowest BCUT2D eigenvalue weighted by atomic mass is 10.2. The molecule has 0 saturated carbocycles. The zero-order valence-corrected chi connectivity index (χ0v) is 12.7. The molecule has 6 nitrogen and oxygen atoms in total. The van der Waals surface area contributed by atoms with Crippen molar-refractivity contribution >= 4 is 16.9 Å². The van der Waals surface area contributed by atoms with Gasteiger partial charge in [0.05, 0.1) is 11.0 Å². The lowest BCUT2D eigenvalue weighted by Gasteiger charge is -2.08. The minimum Gasteiger partial charge on any atom is -0.484 e. The van der Waals surface area contributed by atoms with Gasteiger partial charge in [-0.15, -0.1) is 0 Å². The van der Waals surface area contributed by atoms with Crippen LogP contribution in [0.25, 0.3) is 11.0 Å². The first-order chi connectivity index (χ1) is 11.1. The highest BCUT2D eigenvalue weighted by atomic mass is 16.5. The highest BCUT2D eigenvalue weighted by Crippen LogP contribution is 2.11. The van der Waals surface area contributed by atoms with Crippen LogP contribution in [0, 0.1) is 6.92 Å². The Kier molecular flexibility index (Phi) is 4.14. The fraction of sp³-hybridized carbons (Fsp3) is 0.176. The number of aromatic nitrogens is 2. The Morgan fingerprint density at radius 2 is 1.83 bits per heavy atom. The Morgan fingerprint density at radius 3 is 2.61 bits per heavy atom. The average molecular weight is 311 g/mol. The van der Waals surface area contributed by atoms with Crippen LogP contribution >= 0.6 is 0 Å². The average Bonchev–Trinajstić information content (AvgIpc) is 2.91. The van der Waals surface area contributed by atoms with Crippen molar-refractivity contribution in [1.29, 1.82) is 0 Å². The number of carbonyl (C=O) groups is 1. The van der Waals surface area contributed by atoms with Crippen molar-refractivity contribution < 1.29 is 9.53 Å². The molecule has 3 aromatic rings. The van der Waals surface area contributed by atoms with E-state index in [1.807, 2.05) is 43.3 Å². The number of ether oxygens (including phenoxy) is 1. The van der Waals surface area contributed by atoms with E-state index in [0.717, 1.165) is 22.2 Å². The molecule has 0 aliphatic carbocycles. The fourth-order valence-corrected chi connectivity index (χ4v) is 2.22. The molecule has 0 unspecified atom stereocenters. The second-order valence-electron chi connectivity index (χ2n) is 5.34. The minimum atomic E-state index is -0.243. The molecular formula is C17H17N3O3. The molecule has 0 saturated heterocycles. The SMILES string of the molecule is Cc1ccc(OCC(=O)NCc2ccc3[nH]c(=O)[nH]c3c2)cc1. The molecule has 0 aliphatic rings. The van der Waals surface area contributed by atoms with Crippen molar-refractivity contribution in [3.05, 3.63) is 64.1 Å². The number of aromatic amines is 2. The van der Waals surface area contributed by atoms with E-state index >= 15 is 0 Å². The summed E-state index contributed by atoms with van der Waals surface area (Å²) in [6.07, 6.45) is 0. The van der Waals surface area contributed by atoms with Gasteiger partial charge in [-0.05, 0) is 36.8 Å². The Hall–Kier alpha value is -3.02. The molecule has 3 rings (SSSR count). The first-order valence-corrected chi connectivity index (χ1v) is 7.27. The van der Waals surface area contributed by atoms with E-state index in [-0.39, 0.29) is 18.2 Å². The maximum Gasteiger partial charge on any atom is 0.323 e. The monoisotopic (exact) mass is 311 g/mol. The lowest BCUT2D eigenvalue weighted by Crippen LogP contribution is -2.28. The van der Waals surface area contributed by atoms with E-state index < -0.39 is 0 Å². The molecule has 1 heterocycles. The van der Waals surface area contributed by atoms with Gasteiger partial charge in [-0.2, -0.15) is 0 Å². The highest BCUT2D eigenvalue weighted by Gasteiger charge is 2.04. The number of aryl methyl sites for hydroxylation is 1. The van der Waals surface area contributed by atoms with Gasteiger partial charge < -0.3 is 20.0 Å². The van der Waals surface area contributed by atoms with E-state index in [1.165, 1.54) is 0 Å². The summed E-state index contributed by atoms with van der Waals surface area (Å²) in [4.78, 5) is 28.4. The summed E-state index contributed by atoms with van der Waals surface area (Å²) >= 11 is 0. The van der Waals surface area contributed by atoms with Crippen LogP contribution in [0.3, 0.4) is 0 Å². The van der Waals surface area contributed by atoms with Crippen molar-refractivity contribution in [2.45, 2.75) is 13.5 Å². The van der Waals surface area contributed by atoms with Gasteiger partial charge in [0, 0.05) is 6.54 Å². The van der Waals surface area contributed by atoms with Crippen molar-refractivity contribution in [3.63, 3.8) is 0 Å². The van der Waals surface area contributed by atoms with Gasteiger partial charge in [0.15, 0.2) is 6.61 Å². The molecule has 1 aromatic heterocycles. The normalized spacial score (nSPS) is 10.7. The zero-order valence-electron chi connectivity index (χ0n) is 12.7. The van der Waals surface area contributed by atoms with Gasteiger partial charge in [0.2, 0.25) is 0 Å². The predicted molar refractivity (Wildman–Crippen MR) is 87.4 cm³/mol. The number of nitrogens with one attached hydrogen (secondary N) is 3. The maximum absolute atomic E-state index is 11.8. The molecule has 118 valence electrons. The first-order valence-electron chi connectivity index (χ1n) is 7.27. The molecule has 23 heavy (non-hydrogen) atoms. The van der Waals surface area contributed by atoms with Gasteiger partial charge in [-0.1, -0.05) is 23.8 Å². The van der Waals surface area contributed by atoms with Gasteiger partial charge in [-0.3, -0.25) is 4.79 Å². The number of amides is 1. The molecule has 0 radical (unpaired) electrons. The van der Waals surface area contributed by atoms with Crippen molar-refractivity contribution in [1.82, 2.24) is 15.3 Å². The van der Waals surface area contributed by atoms with Crippen LogP contribution in [0.2, 0.25) is 0 Å². The summed E-state index contributed by atoms with van der Waals surface area (Å²) in [5, 5.41) is 2.79. The summed E-state index contributed by atoms with van der Waals surface area (Å²) in [5.74, 6) is 0.463. The van der Waals surface area contributed by atoms with Crippen LogP contribution < -0.4 is 15.7 Å². The smallest absolute Gasteiger partial charge is 0.323 e. The van der Waals surface area contributed by atoms with Crippen LogP contribution in [0.4, 0.5) is 0 Å². The number of carbonyl (C=O) groups excluding carboxylic acids is 1. The van der Waals surface area contributed by atoms with E-state index in [2.05, 4.69) is 15.3 Å². The third kappa shape index (κ3) is 3.79. The largest absolute Gasteiger partial charge is 0.484 e. The molecule has 3 N–H and O–H groups in total. The number of fused-ring (bicyclic) bond motifs is 1. The Labute approximate surface area is 132 Å². The number of H-pyrrole nitrogens is 2. The zero-order chi connectivity index (χ0) is 16.2. The molecule has 2 aromatic carbocycles. The van der Waals surface area contributed by atoms with Crippen LogP contribution in [-0.2, 0) is 11.3 Å². The molecule has 6 heteroatoms. The minimum absolute atomic E-state index is 0.0354. The summed E-state index contributed by atoms with van der Waals surface area (Å²) in [6.45, 7) is 2.33. The highest BCUT2D eigenvalue weighted by molar-refractivity contribution is 5.78. The number of hydrogen-bond acceptors (Lipinski definition) is 3. The van der Waals surface area contributed by atoms with Crippen LogP contribution in [0.15, 0.2) is 47.3 Å². The van der Waals surface area contributed by atoms with Crippen LogP contribution in [0.1, 0.15) is 11.1 Å². The third-order valence-corrected chi connectivity index (χ3v) is 3.46. The van der Waals surface area contributed by atoms with Crippen molar-refractivity contribution in [2.24, 2.45) is 0 Å². The second kappa shape index (κ2) is 6.39. The Balaban J connectivity index is 1.53. The van der Waals surface area contributed by atoms with Crippen molar-refractivity contribution in [3.8, 4) is 5.75 Å². The van der Waals surface area contributed by atoms with Gasteiger partial charge in [0.25, 0.3) is 5.91 Å². The topological polar surface area (TPSA) is 87.0 Å². The summed E-state index contributed by atoms with van der Waals surface area (Å²) in [7, 11) is 0. The Bertz CT molecular complexity index is 878. The van der Waals surface area contributed by atoms with E-state index in [9.17, 15) is 9.59 Å². The van der Waals surface area contributed by atoms with Gasteiger partial charge in [-0.25, -0.2) is 4.79 Å². The number of hydrogen-bond donors (Lipinski definition) is 3. The maximum atomic E-state index is 11.8. The fourth-order valence-electron chi connectivity index (χ4n) is 2.22. The summed E-state index contributed by atoms with van der Waals surface area (Å²) in [6, 6.07) is 13.0. The van der Waals surface area contributed by atoms with Crippen LogP contribution in [0.5, 0.6) is 5.75 Å². The molecule has 0 atom stereocenters. The van der Waals surface area contributed by atoms with Gasteiger partial charge >= 0.3 is 5.69 Å². The van der Waals surface area contributed by atoms with E-state index in [1.54, 1.807) is 6.07 Å². The van der Waals surface area contributed by atoms with E-state index in [0.29, 0.717) is 12.3 Å². The number of rotatable bonds is 5. The standard InChI is InChI=1S/C17H17N3O3/c1-11-2-5-13(6-3-11)23-10-16(21)18-9-12-4-7-14-15(8-12)20-17(22)19-14/h2-8H,9-10H2,1H3,(H,18,21)(H2,19,20,22). The third-order valence-electron chi connectivity index (χ3n) is 3.46. The van der Waals surface area contributed by atoms with E-state index in [4.69, 9.17) is 4.74 Å². The summed E-state index contributed by atoms with van der Waals surface area (Å²) < 4.78 is 5.42. The molecule has 0 bridgehead atoms. The Morgan fingerprint density at radius 1 is 1.09 bits per heavy atom. The van der Waals surface area contributed by atoms with Crippen molar-refractivity contribution in [2.75, 3.05) is 6.61 Å². The number of benzene rings is 2. The lowest BCUT2D eigenvalue weighted by molar-refractivity contribution is -0.123. The van der Waals surface area contributed by atoms with Gasteiger partial charge in [0.1, 0.15) is 5.75 Å². The molecule has 0 spiro atoms. The number of imidazole rings is 1. The second-order valence-corrected chi connectivity index (χ2v) is 5.34. The summed E-state index contributed by atoms with van der Waals surface area (Å²) in [5.41, 5.74) is 3.26. The van der Waals surface area contributed by atoms with Crippen LogP contribution in [-0.4, -0.2) is 22.5 Å². The quantitative estimate of drug-likeness (QED) is 0.672. The molecular weight excluding hydrogens is 294 g/mol. The molecule has 1 amide bonds.